The molecule has 0 aliphatic heterocycles. The summed E-state index contributed by atoms with van der Waals surface area (Å²) in [4.78, 5) is 22.0. The third-order valence-corrected chi connectivity index (χ3v) is 2.38. The molecule has 0 aliphatic carbocycles. The minimum Gasteiger partial charge on any atom is -0.343 e. The maximum Gasteiger partial charge on any atom is 0.287 e. The summed E-state index contributed by atoms with van der Waals surface area (Å²) < 4.78 is 0. The van der Waals surface area contributed by atoms with E-state index in [2.05, 4.69) is 20.3 Å². The highest BCUT2D eigenvalue weighted by molar-refractivity contribution is 7.09. The van der Waals surface area contributed by atoms with Gasteiger partial charge in [-0.05, 0) is 0 Å². The molecule has 2 heterocycles. The summed E-state index contributed by atoms with van der Waals surface area (Å²) in [6.07, 6.45) is 4.86. The van der Waals surface area contributed by atoms with Crippen LogP contribution < -0.4 is 5.32 Å². The largest absolute Gasteiger partial charge is 0.343 e. The SMILES string of the molecule is O=C(NCc1nccs1)c1ncc[nH]1. The third-order valence-electron chi connectivity index (χ3n) is 1.60. The second-order valence-corrected chi connectivity index (χ2v) is 3.53. The summed E-state index contributed by atoms with van der Waals surface area (Å²) >= 11 is 1.51. The van der Waals surface area contributed by atoms with Crippen LogP contribution in [0.25, 0.3) is 0 Å². The number of amides is 1. The lowest BCUT2D eigenvalue weighted by Crippen LogP contribution is -2.23. The molecule has 0 atom stereocenters. The zero-order valence-electron chi connectivity index (χ0n) is 7.23. The van der Waals surface area contributed by atoms with Crippen LogP contribution in [0.2, 0.25) is 0 Å². The van der Waals surface area contributed by atoms with Crippen molar-refractivity contribution in [3.05, 3.63) is 34.8 Å². The predicted molar refractivity (Wildman–Crippen MR) is 51.9 cm³/mol. The number of hydrogen-bond donors (Lipinski definition) is 2. The van der Waals surface area contributed by atoms with Crippen LogP contribution in [0.15, 0.2) is 24.0 Å². The minimum atomic E-state index is -0.217. The Morgan fingerprint density at radius 1 is 1.50 bits per heavy atom. The van der Waals surface area contributed by atoms with Crippen LogP contribution in [-0.4, -0.2) is 20.9 Å². The summed E-state index contributed by atoms with van der Waals surface area (Å²) in [5, 5.41) is 5.45. The van der Waals surface area contributed by atoms with Crippen molar-refractivity contribution in [1.82, 2.24) is 20.3 Å². The van der Waals surface area contributed by atoms with Gasteiger partial charge in [0, 0.05) is 24.0 Å². The van der Waals surface area contributed by atoms with Gasteiger partial charge in [-0.25, -0.2) is 9.97 Å². The van der Waals surface area contributed by atoms with Crippen LogP contribution in [-0.2, 0) is 6.54 Å². The smallest absolute Gasteiger partial charge is 0.287 e. The van der Waals surface area contributed by atoms with Gasteiger partial charge < -0.3 is 10.3 Å². The first-order valence-corrected chi connectivity index (χ1v) is 4.90. The molecule has 2 aromatic heterocycles. The van der Waals surface area contributed by atoms with E-state index >= 15 is 0 Å². The quantitative estimate of drug-likeness (QED) is 0.783. The number of thiazole rings is 1. The molecule has 0 aliphatic rings. The van der Waals surface area contributed by atoms with Gasteiger partial charge >= 0.3 is 0 Å². The van der Waals surface area contributed by atoms with Gasteiger partial charge in [0.25, 0.3) is 5.91 Å². The lowest BCUT2D eigenvalue weighted by molar-refractivity contribution is 0.0941. The molecule has 0 spiro atoms. The van der Waals surface area contributed by atoms with Crippen molar-refractivity contribution >= 4 is 17.2 Å². The summed E-state index contributed by atoms with van der Waals surface area (Å²) in [5.41, 5.74) is 0. The molecule has 1 amide bonds. The first-order chi connectivity index (χ1) is 6.86. The Morgan fingerprint density at radius 2 is 2.43 bits per heavy atom. The normalized spacial score (nSPS) is 10.0. The molecule has 0 unspecified atom stereocenters. The van der Waals surface area contributed by atoms with Crippen LogP contribution in [0.3, 0.4) is 0 Å². The molecule has 0 radical (unpaired) electrons. The third kappa shape index (κ3) is 1.97. The van der Waals surface area contributed by atoms with Crippen LogP contribution in [0.5, 0.6) is 0 Å². The van der Waals surface area contributed by atoms with Crippen molar-refractivity contribution in [3.8, 4) is 0 Å². The molecule has 2 rings (SSSR count). The molecule has 2 aromatic rings. The van der Waals surface area contributed by atoms with E-state index in [1.54, 1.807) is 12.4 Å². The highest BCUT2D eigenvalue weighted by Gasteiger charge is 2.07. The van der Waals surface area contributed by atoms with Gasteiger partial charge in [-0.15, -0.1) is 11.3 Å². The van der Waals surface area contributed by atoms with Crippen molar-refractivity contribution in [2.45, 2.75) is 6.54 Å². The number of aromatic amines is 1. The summed E-state index contributed by atoms with van der Waals surface area (Å²) in [5.74, 6) is 0.103. The van der Waals surface area contributed by atoms with Crippen molar-refractivity contribution in [1.29, 1.82) is 0 Å². The molecule has 5 nitrogen and oxygen atoms in total. The highest BCUT2D eigenvalue weighted by Crippen LogP contribution is 2.02. The van der Waals surface area contributed by atoms with Crippen molar-refractivity contribution < 1.29 is 4.79 Å². The molecule has 6 heteroatoms. The van der Waals surface area contributed by atoms with E-state index < -0.39 is 0 Å². The van der Waals surface area contributed by atoms with E-state index in [4.69, 9.17) is 0 Å². The van der Waals surface area contributed by atoms with E-state index in [-0.39, 0.29) is 5.91 Å². The molecule has 0 saturated carbocycles. The van der Waals surface area contributed by atoms with Crippen molar-refractivity contribution in [2.24, 2.45) is 0 Å². The molecular formula is C8H8N4OS. The Morgan fingerprint density at radius 3 is 3.07 bits per heavy atom. The van der Waals surface area contributed by atoms with Crippen LogP contribution in [0.1, 0.15) is 15.6 Å². The molecular weight excluding hydrogens is 200 g/mol. The average Bonchev–Trinajstić information content (AvgIpc) is 2.87. The number of H-pyrrole nitrogens is 1. The fourth-order valence-electron chi connectivity index (χ4n) is 0.969. The molecule has 0 fully saturated rings. The standard InChI is InChI=1S/C8H8N4OS/c13-8(7-10-1-2-11-7)12-5-6-9-3-4-14-6/h1-4H,5H2,(H,10,11)(H,12,13). The summed E-state index contributed by atoms with van der Waals surface area (Å²) in [7, 11) is 0. The first-order valence-electron chi connectivity index (χ1n) is 4.02. The van der Waals surface area contributed by atoms with E-state index in [1.165, 1.54) is 17.5 Å². The summed E-state index contributed by atoms with van der Waals surface area (Å²) in [6.45, 7) is 0.442. The highest BCUT2D eigenvalue weighted by atomic mass is 32.1. The molecule has 0 saturated heterocycles. The van der Waals surface area contributed by atoms with Gasteiger partial charge in [-0.1, -0.05) is 0 Å². The van der Waals surface area contributed by atoms with E-state index in [1.807, 2.05) is 5.38 Å². The first kappa shape index (κ1) is 8.89. The van der Waals surface area contributed by atoms with Gasteiger partial charge in [0.1, 0.15) is 5.01 Å². The summed E-state index contributed by atoms with van der Waals surface area (Å²) in [6, 6.07) is 0. The second-order valence-electron chi connectivity index (χ2n) is 2.55. The Balaban J connectivity index is 1.90. The lowest BCUT2D eigenvalue weighted by atomic mass is 10.5. The molecule has 14 heavy (non-hydrogen) atoms. The number of carbonyl (C=O) groups excluding carboxylic acids is 1. The van der Waals surface area contributed by atoms with Crippen molar-refractivity contribution in [2.75, 3.05) is 0 Å². The van der Waals surface area contributed by atoms with E-state index in [9.17, 15) is 4.79 Å². The molecule has 0 bridgehead atoms. The van der Waals surface area contributed by atoms with Crippen LogP contribution >= 0.6 is 11.3 Å². The number of nitrogens with one attached hydrogen (secondary N) is 2. The Bertz CT molecular complexity index is 395. The van der Waals surface area contributed by atoms with Gasteiger partial charge in [0.2, 0.25) is 0 Å². The topological polar surface area (TPSA) is 70.7 Å². The van der Waals surface area contributed by atoms with Crippen LogP contribution in [0, 0.1) is 0 Å². The monoisotopic (exact) mass is 208 g/mol. The Kier molecular flexibility index (Phi) is 2.55. The number of nitrogens with zero attached hydrogens (tertiary/aromatic N) is 2. The minimum absolute atomic E-state index is 0.217. The number of carbonyl (C=O) groups is 1. The van der Waals surface area contributed by atoms with Gasteiger partial charge in [0.05, 0.1) is 6.54 Å². The fraction of sp³-hybridized carbons (Fsp3) is 0.125. The second kappa shape index (κ2) is 4.01. The molecule has 2 N–H and O–H groups in total. The van der Waals surface area contributed by atoms with Crippen LogP contribution in [0.4, 0.5) is 0 Å². The molecule has 72 valence electrons. The zero-order chi connectivity index (χ0) is 9.80. The number of rotatable bonds is 3. The predicted octanol–water partition coefficient (Wildman–Crippen LogP) is 0.796. The number of aromatic nitrogens is 3. The maximum atomic E-state index is 11.4. The fourth-order valence-corrected chi connectivity index (χ4v) is 1.53. The Hall–Kier alpha value is -1.69. The van der Waals surface area contributed by atoms with E-state index in [0.717, 1.165) is 5.01 Å². The lowest BCUT2D eigenvalue weighted by Gasteiger charge is -1.98. The zero-order valence-corrected chi connectivity index (χ0v) is 8.04. The Labute approximate surface area is 84.2 Å². The number of hydrogen-bond acceptors (Lipinski definition) is 4. The van der Waals surface area contributed by atoms with Gasteiger partial charge in [0.15, 0.2) is 5.82 Å². The van der Waals surface area contributed by atoms with Gasteiger partial charge in [-0.2, -0.15) is 0 Å². The average molecular weight is 208 g/mol. The van der Waals surface area contributed by atoms with E-state index in [0.29, 0.717) is 12.4 Å². The molecule has 0 aromatic carbocycles. The number of imidazole rings is 1. The maximum absolute atomic E-state index is 11.4. The van der Waals surface area contributed by atoms with Crippen molar-refractivity contribution in [3.63, 3.8) is 0 Å². The van der Waals surface area contributed by atoms with Gasteiger partial charge in [-0.3, -0.25) is 4.79 Å².